The summed E-state index contributed by atoms with van der Waals surface area (Å²) in [6, 6.07) is 4.98. The number of fused-ring (bicyclic) bond motifs is 1. The summed E-state index contributed by atoms with van der Waals surface area (Å²) in [7, 11) is 0. The highest BCUT2D eigenvalue weighted by atomic mass is 35.5. The summed E-state index contributed by atoms with van der Waals surface area (Å²) in [5.41, 5.74) is 1.14. The molecule has 0 aliphatic rings. The number of carbonyl (C=O) groups is 1. The predicted octanol–water partition coefficient (Wildman–Crippen LogP) is 1.31. The molecular weight excluding hydrogens is 218 g/mol. The molecule has 1 aromatic heterocycles. The number of hydrogen-bond donors (Lipinski definition) is 1. The normalized spacial score (nSPS) is 10.5. The van der Waals surface area contributed by atoms with Gasteiger partial charge in [-0.05, 0) is 18.2 Å². The Morgan fingerprint density at radius 3 is 2.87 bits per heavy atom. The molecule has 0 radical (unpaired) electrons. The van der Waals surface area contributed by atoms with Gasteiger partial charge in [0.25, 0.3) is 0 Å². The zero-order chi connectivity index (χ0) is 10.8. The van der Waals surface area contributed by atoms with Crippen molar-refractivity contribution >= 4 is 28.6 Å². The lowest BCUT2D eigenvalue weighted by Gasteiger charge is -1.98. The summed E-state index contributed by atoms with van der Waals surface area (Å²) in [6.07, 6.45) is -0.241. The smallest absolute Gasteiger partial charge is 0.311 e. The van der Waals surface area contributed by atoms with E-state index in [1.54, 1.807) is 18.2 Å². The number of aliphatic carboxylic acids is 1. The molecule has 0 spiro atoms. The SMILES string of the molecule is O=C(O)Cc1nnc2ccc(Cl)cc2n1. The Balaban J connectivity index is 2.49. The van der Waals surface area contributed by atoms with Gasteiger partial charge >= 0.3 is 5.97 Å². The van der Waals surface area contributed by atoms with Gasteiger partial charge in [0, 0.05) is 5.02 Å². The zero-order valence-corrected chi connectivity index (χ0v) is 8.27. The van der Waals surface area contributed by atoms with Crippen molar-refractivity contribution in [1.29, 1.82) is 0 Å². The van der Waals surface area contributed by atoms with E-state index in [1.165, 1.54) is 0 Å². The molecule has 0 saturated carbocycles. The molecule has 5 nitrogen and oxygen atoms in total. The molecule has 0 aliphatic heterocycles. The summed E-state index contributed by atoms with van der Waals surface area (Å²) < 4.78 is 0. The van der Waals surface area contributed by atoms with Gasteiger partial charge in [0.05, 0.1) is 5.52 Å². The molecule has 15 heavy (non-hydrogen) atoms. The second kappa shape index (κ2) is 3.78. The van der Waals surface area contributed by atoms with Gasteiger partial charge in [0.2, 0.25) is 0 Å². The van der Waals surface area contributed by atoms with Crippen LogP contribution in [0.15, 0.2) is 18.2 Å². The number of carboxylic acid groups (broad SMARTS) is 1. The van der Waals surface area contributed by atoms with Crippen LogP contribution in [0.5, 0.6) is 0 Å². The highest BCUT2D eigenvalue weighted by molar-refractivity contribution is 6.31. The van der Waals surface area contributed by atoms with E-state index in [2.05, 4.69) is 15.2 Å². The monoisotopic (exact) mass is 223 g/mol. The van der Waals surface area contributed by atoms with Gasteiger partial charge in [-0.1, -0.05) is 11.6 Å². The van der Waals surface area contributed by atoms with Gasteiger partial charge in [-0.3, -0.25) is 4.79 Å². The average molecular weight is 224 g/mol. The molecule has 1 N–H and O–H groups in total. The van der Waals surface area contributed by atoms with Crippen molar-refractivity contribution in [1.82, 2.24) is 15.2 Å². The summed E-state index contributed by atoms with van der Waals surface area (Å²) >= 11 is 5.77. The Hall–Kier alpha value is -1.75. The number of hydrogen-bond acceptors (Lipinski definition) is 4. The van der Waals surface area contributed by atoms with Crippen LogP contribution in [-0.4, -0.2) is 26.3 Å². The van der Waals surface area contributed by atoms with Crippen LogP contribution in [0.25, 0.3) is 11.0 Å². The van der Waals surface area contributed by atoms with E-state index in [9.17, 15) is 4.79 Å². The number of aromatic nitrogens is 3. The summed E-state index contributed by atoms with van der Waals surface area (Å²) in [6.45, 7) is 0. The maximum Gasteiger partial charge on any atom is 0.311 e. The first-order valence-electron chi connectivity index (χ1n) is 4.16. The molecule has 0 amide bonds. The molecule has 0 bridgehead atoms. The molecule has 76 valence electrons. The first-order valence-corrected chi connectivity index (χ1v) is 4.53. The number of benzene rings is 1. The maximum atomic E-state index is 10.4. The van der Waals surface area contributed by atoms with Crippen LogP contribution in [0.3, 0.4) is 0 Å². The van der Waals surface area contributed by atoms with Gasteiger partial charge in [0.15, 0.2) is 5.82 Å². The van der Waals surface area contributed by atoms with E-state index < -0.39 is 5.97 Å². The Labute approximate surface area is 89.7 Å². The highest BCUT2D eigenvalue weighted by Gasteiger charge is 2.06. The fourth-order valence-corrected chi connectivity index (χ4v) is 1.32. The van der Waals surface area contributed by atoms with Crippen molar-refractivity contribution < 1.29 is 9.90 Å². The van der Waals surface area contributed by atoms with Crippen molar-refractivity contribution in [3.63, 3.8) is 0 Å². The van der Waals surface area contributed by atoms with Crippen molar-refractivity contribution in [2.45, 2.75) is 6.42 Å². The molecule has 0 atom stereocenters. The van der Waals surface area contributed by atoms with E-state index in [4.69, 9.17) is 16.7 Å². The van der Waals surface area contributed by atoms with Crippen LogP contribution in [0.2, 0.25) is 5.02 Å². The lowest BCUT2D eigenvalue weighted by Crippen LogP contribution is -2.06. The molecule has 0 aliphatic carbocycles. The summed E-state index contributed by atoms with van der Waals surface area (Å²) in [5, 5.41) is 16.6. The minimum Gasteiger partial charge on any atom is -0.481 e. The molecule has 2 aromatic rings. The van der Waals surface area contributed by atoms with Gasteiger partial charge in [-0.25, -0.2) is 4.98 Å². The van der Waals surface area contributed by atoms with Crippen molar-refractivity contribution in [3.05, 3.63) is 29.0 Å². The third-order valence-electron chi connectivity index (χ3n) is 1.77. The minimum atomic E-state index is -0.988. The van der Waals surface area contributed by atoms with Crippen molar-refractivity contribution in [2.24, 2.45) is 0 Å². The fourth-order valence-electron chi connectivity index (χ4n) is 1.15. The number of carboxylic acids is 1. The van der Waals surface area contributed by atoms with Gasteiger partial charge in [-0.15, -0.1) is 10.2 Å². The van der Waals surface area contributed by atoms with Gasteiger partial charge < -0.3 is 5.11 Å². The fraction of sp³-hybridized carbons (Fsp3) is 0.111. The number of nitrogens with zero attached hydrogens (tertiary/aromatic N) is 3. The molecule has 6 heteroatoms. The summed E-state index contributed by atoms with van der Waals surface area (Å²) in [5.74, 6) is -0.810. The van der Waals surface area contributed by atoms with Crippen LogP contribution >= 0.6 is 11.6 Å². The second-order valence-corrected chi connectivity index (χ2v) is 3.37. The predicted molar refractivity (Wildman–Crippen MR) is 53.7 cm³/mol. The Kier molecular flexibility index (Phi) is 2.47. The average Bonchev–Trinajstić information content (AvgIpc) is 2.16. The highest BCUT2D eigenvalue weighted by Crippen LogP contribution is 2.14. The third-order valence-corrected chi connectivity index (χ3v) is 2.00. The van der Waals surface area contributed by atoms with Crippen LogP contribution in [0.1, 0.15) is 5.82 Å². The topological polar surface area (TPSA) is 76.0 Å². The third kappa shape index (κ3) is 2.19. The molecule has 1 aromatic carbocycles. The Bertz CT molecular complexity index is 530. The molecule has 0 saturated heterocycles. The standard InChI is InChI=1S/C9H6ClN3O2/c10-5-1-2-6-7(3-5)11-8(13-12-6)4-9(14)15/h1-3H,4H2,(H,14,15). The van der Waals surface area contributed by atoms with Crippen LogP contribution < -0.4 is 0 Å². The van der Waals surface area contributed by atoms with Gasteiger partial charge in [0.1, 0.15) is 11.9 Å². The van der Waals surface area contributed by atoms with E-state index in [-0.39, 0.29) is 12.2 Å². The molecular formula is C9H6ClN3O2. The summed E-state index contributed by atoms with van der Waals surface area (Å²) in [4.78, 5) is 14.5. The molecule has 0 fully saturated rings. The quantitative estimate of drug-likeness (QED) is 0.831. The maximum absolute atomic E-state index is 10.4. The van der Waals surface area contributed by atoms with E-state index >= 15 is 0 Å². The zero-order valence-electron chi connectivity index (χ0n) is 7.51. The first kappa shape index (κ1) is 9.79. The van der Waals surface area contributed by atoms with Crippen LogP contribution in [0, 0.1) is 0 Å². The Morgan fingerprint density at radius 1 is 1.33 bits per heavy atom. The van der Waals surface area contributed by atoms with E-state index in [0.29, 0.717) is 16.1 Å². The van der Waals surface area contributed by atoms with Crippen LogP contribution in [0.4, 0.5) is 0 Å². The largest absolute Gasteiger partial charge is 0.481 e. The first-order chi connectivity index (χ1) is 7.15. The lowest BCUT2D eigenvalue weighted by atomic mass is 10.3. The van der Waals surface area contributed by atoms with Crippen molar-refractivity contribution in [2.75, 3.05) is 0 Å². The van der Waals surface area contributed by atoms with E-state index in [0.717, 1.165) is 0 Å². The Morgan fingerprint density at radius 2 is 2.13 bits per heavy atom. The number of halogens is 1. The molecule has 0 unspecified atom stereocenters. The molecule has 2 rings (SSSR count). The van der Waals surface area contributed by atoms with Crippen molar-refractivity contribution in [3.8, 4) is 0 Å². The second-order valence-electron chi connectivity index (χ2n) is 2.93. The number of rotatable bonds is 2. The minimum absolute atomic E-state index is 0.178. The van der Waals surface area contributed by atoms with Crippen LogP contribution in [-0.2, 0) is 11.2 Å². The lowest BCUT2D eigenvalue weighted by molar-refractivity contribution is -0.136. The van der Waals surface area contributed by atoms with E-state index in [1.807, 2.05) is 0 Å². The molecule has 1 heterocycles. The van der Waals surface area contributed by atoms with Gasteiger partial charge in [-0.2, -0.15) is 0 Å².